The number of carbonyl (C=O) groups excluding carboxylic acids is 1. The first-order valence-electron chi connectivity index (χ1n) is 6.70. The van der Waals surface area contributed by atoms with Crippen LogP contribution in [-0.4, -0.2) is 39.9 Å². The lowest BCUT2D eigenvalue weighted by atomic mass is 9.93. The predicted molar refractivity (Wildman–Crippen MR) is 73.7 cm³/mol. The summed E-state index contributed by atoms with van der Waals surface area (Å²) >= 11 is 0. The van der Waals surface area contributed by atoms with Gasteiger partial charge in [-0.2, -0.15) is 5.10 Å². The van der Waals surface area contributed by atoms with Gasteiger partial charge in [0, 0.05) is 26.6 Å². The van der Waals surface area contributed by atoms with Gasteiger partial charge in [0.05, 0.1) is 5.69 Å². The molecular weight excluding hydrogens is 260 g/mol. The van der Waals surface area contributed by atoms with Crippen molar-refractivity contribution < 1.29 is 14.7 Å². The van der Waals surface area contributed by atoms with E-state index in [1.165, 1.54) is 0 Å². The Kier molecular flexibility index (Phi) is 3.96. The number of rotatable bonds is 4. The first-order valence-corrected chi connectivity index (χ1v) is 6.70. The van der Waals surface area contributed by atoms with Crippen LogP contribution in [0.15, 0.2) is 0 Å². The summed E-state index contributed by atoms with van der Waals surface area (Å²) in [5.74, 6) is -0.283. The topological polar surface area (TPSA) is 101 Å². The minimum atomic E-state index is -0.954. The number of amides is 1. The van der Waals surface area contributed by atoms with Gasteiger partial charge in [-0.1, -0.05) is 0 Å². The fourth-order valence-corrected chi connectivity index (χ4v) is 2.89. The maximum Gasteiger partial charge on any atom is 0.341 e. The van der Waals surface area contributed by atoms with Crippen LogP contribution in [0.5, 0.6) is 0 Å². The molecule has 3 N–H and O–H groups in total. The van der Waals surface area contributed by atoms with E-state index >= 15 is 0 Å². The quantitative estimate of drug-likeness (QED) is 0.837. The van der Waals surface area contributed by atoms with Gasteiger partial charge in [0.25, 0.3) is 0 Å². The summed E-state index contributed by atoms with van der Waals surface area (Å²) < 4.78 is 1.62. The van der Waals surface area contributed by atoms with Crippen molar-refractivity contribution >= 4 is 17.7 Å². The molecule has 1 aromatic rings. The van der Waals surface area contributed by atoms with Crippen LogP contribution >= 0.6 is 0 Å². The van der Waals surface area contributed by atoms with Gasteiger partial charge in [0.15, 0.2) is 0 Å². The van der Waals surface area contributed by atoms with E-state index in [1.807, 2.05) is 4.90 Å². The highest BCUT2D eigenvalue weighted by Crippen LogP contribution is 2.28. The lowest BCUT2D eigenvalue weighted by Gasteiger charge is -2.33. The van der Waals surface area contributed by atoms with Gasteiger partial charge >= 0.3 is 5.97 Å². The maximum atomic E-state index is 11.4. The molecule has 1 aromatic heterocycles. The van der Waals surface area contributed by atoms with Crippen molar-refractivity contribution in [3.8, 4) is 0 Å². The molecule has 0 spiro atoms. The number of aryl methyl sites for hydroxylation is 2. The van der Waals surface area contributed by atoms with E-state index in [4.69, 9.17) is 5.73 Å². The Hall–Kier alpha value is -2.05. The Bertz CT molecular complexity index is 530. The summed E-state index contributed by atoms with van der Waals surface area (Å²) in [4.78, 5) is 24.3. The zero-order valence-electron chi connectivity index (χ0n) is 11.8. The molecule has 0 aromatic carbocycles. The molecule has 2 heterocycles. The summed E-state index contributed by atoms with van der Waals surface area (Å²) in [6.07, 6.45) is 2.09. The van der Waals surface area contributed by atoms with Crippen molar-refractivity contribution in [1.29, 1.82) is 0 Å². The second-order valence-corrected chi connectivity index (χ2v) is 5.31. The molecule has 0 atom stereocenters. The van der Waals surface area contributed by atoms with Gasteiger partial charge in [-0.3, -0.25) is 9.48 Å². The van der Waals surface area contributed by atoms with E-state index in [0.717, 1.165) is 25.9 Å². The second kappa shape index (κ2) is 5.52. The average Bonchev–Trinajstić information content (AvgIpc) is 2.64. The van der Waals surface area contributed by atoms with Crippen molar-refractivity contribution in [2.75, 3.05) is 18.0 Å². The number of aromatic carboxylic acids is 1. The summed E-state index contributed by atoms with van der Waals surface area (Å²) in [5, 5.41) is 13.5. The fourth-order valence-electron chi connectivity index (χ4n) is 2.89. The van der Waals surface area contributed by atoms with Gasteiger partial charge in [-0.15, -0.1) is 0 Å². The zero-order chi connectivity index (χ0) is 14.9. The molecule has 1 saturated heterocycles. The molecular formula is C13H20N4O3. The van der Waals surface area contributed by atoms with E-state index < -0.39 is 5.97 Å². The van der Waals surface area contributed by atoms with Gasteiger partial charge in [-0.05, 0) is 25.7 Å². The van der Waals surface area contributed by atoms with Crippen LogP contribution in [0.2, 0.25) is 0 Å². The molecule has 110 valence electrons. The van der Waals surface area contributed by atoms with E-state index in [9.17, 15) is 14.7 Å². The van der Waals surface area contributed by atoms with Crippen molar-refractivity contribution in [1.82, 2.24) is 9.78 Å². The zero-order valence-corrected chi connectivity index (χ0v) is 11.8. The number of piperidine rings is 1. The molecule has 0 unspecified atom stereocenters. The Morgan fingerprint density at radius 2 is 2.00 bits per heavy atom. The maximum absolute atomic E-state index is 11.4. The van der Waals surface area contributed by atoms with Gasteiger partial charge < -0.3 is 15.7 Å². The van der Waals surface area contributed by atoms with Gasteiger partial charge in [-0.25, -0.2) is 4.79 Å². The highest BCUT2D eigenvalue weighted by atomic mass is 16.4. The molecule has 7 nitrogen and oxygen atoms in total. The molecule has 0 aliphatic carbocycles. The number of hydrogen-bond donors (Lipinski definition) is 2. The summed E-state index contributed by atoms with van der Waals surface area (Å²) in [6, 6.07) is 0. The average molecular weight is 280 g/mol. The number of nitrogens with zero attached hydrogens (tertiary/aromatic N) is 3. The van der Waals surface area contributed by atoms with Crippen molar-refractivity contribution in [2.24, 2.45) is 18.7 Å². The molecule has 0 bridgehead atoms. The monoisotopic (exact) mass is 280 g/mol. The molecule has 7 heteroatoms. The highest BCUT2D eigenvalue weighted by Gasteiger charge is 2.28. The fraction of sp³-hybridized carbons (Fsp3) is 0.615. The van der Waals surface area contributed by atoms with Crippen LogP contribution in [0.3, 0.4) is 0 Å². The number of primary amides is 1. The SMILES string of the molecule is Cc1nn(C)c(N2CCC(CC(N)=O)CC2)c1C(=O)O. The molecule has 1 aliphatic rings. The third-order valence-corrected chi connectivity index (χ3v) is 3.81. The second-order valence-electron chi connectivity index (χ2n) is 5.31. The van der Waals surface area contributed by atoms with Crippen molar-refractivity contribution in [3.63, 3.8) is 0 Å². The lowest BCUT2D eigenvalue weighted by molar-refractivity contribution is -0.119. The van der Waals surface area contributed by atoms with Crippen LogP contribution in [0.4, 0.5) is 5.82 Å². The summed E-state index contributed by atoms with van der Waals surface area (Å²) in [6.45, 7) is 3.14. The third kappa shape index (κ3) is 2.76. The highest BCUT2D eigenvalue weighted by molar-refractivity contribution is 5.94. The third-order valence-electron chi connectivity index (χ3n) is 3.81. The van der Waals surface area contributed by atoms with Crippen LogP contribution in [0.1, 0.15) is 35.3 Å². The van der Waals surface area contributed by atoms with Crippen molar-refractivity contribution in [2.45, 2.75) is 26.2 Å². The number of carboxylic acid groups (broad SMARTS) is 1. The number of nitrogens with two attached hydrogens (primary N) is 1. The van der Waals surface area contributed by atoms with Crippen LogP contribution in [0, 0.1) is 12.8 Å². The normalized spacial score (nSPS) is 16.4. The number of carbonyl (C=O) groups is 2. The number of hydrogen-bond acceptors (Lipinski definition) is 4. The molecule has 0 saturated carbocycles. The molecule has 1 aliphatic heterocycles. The van der Waals surface area contributed by atoms with Crippen LogP contribution < -0.4 is 10.6 Å². The largest absolute Gasteiger partial charge is 0.477 e. The Morgan fingerprint density at radius 1 is 1.40 bits per heavy atom. The Labute approximate surface area is 117 Å². The van der Waals surface area contributed by atoms with E-state index in [1.54, 1.807) is 18.7 Å². The lowest BCUT2D eigenvalue weighted by Crippen LogP contribution is -2.37. The number of aromatic nitrogens is 2. The first kappa shape index (κ1) is 14.4. The molecule has 2 rings (SSSR count). The predicted octanol–water partition coefficient (Wildman–Crippen LogP) is 0.519. The minimum Gasteiger partial charge on any atom is -0.477 e. The number of carboxylic acids is 1. The molecule has 1 fully saturated rings. The Morgan fingerprint density at radius 3 is 2.50 bits per heavy atom. The van der Waals surface area contributed by atoms with Crippen LogP contribution in [0.25, 0.3) is 0 Å². The standard InChI is InChI=1S/C13H20N4O3/c1-8-11(13(19)20)12(16(2)15-8)17-5-3-9(4-6-17)7-10(14)18/h9H,3-7H2,1-2H3,(H2,14,18)(H,19,20). The van der Waals surface area contributed by atoms with Crippen LogP contribution in [-0.2, 0) is 11.8 Å². The summed E-state index contributed by atoms with van der Waals surface area (Å²) in [7, 11) is 1.75. The first-order chi connectivity index (χ1) is 9.40. The molecule has 20 heavy (non-hydrogen) atoms. The van der Waals surface area contributed by atoms with E-state index in [2.05, 4.69) is 5.10 Å². The Balaban J connectivity index is 2.15. The molecule has 1 amide bonds. The smallest absolute Gasteiger partial charge is 0.341 e. The summed E-state index contributed by atoms with van der Waals surface area (Å²) in [5.41, 5.74) is 6.00. The number of anilines is 1. The van der Waals surface area contributed by atoms with Gasteiger partial charge in [0.1, 0.15) is 11.4 Å². The minimum absolute atomic E-state index is 0.265. The van der Waals surface area contributed by atoms with Crippen molar-refractivity contribution in [3.05, 3.63) is 11.3 Å². The van der Waals surface area contributed by atoms with Gasteiger partial charge in [0.2, 0.25) is 5.91 Å². The molecule has 0 radical (unpaired) electrons. The van der Waals surface area contributed by atoms with E-state index in [-0.39, 0.29) is 11.5 Å². The van der Waals surface area contributed by atoms with E-state index in [0.29, 0.717) is 23.9 Å².